The van der Waals surface area contributed by atoms with Crippen molar-refractivity contribution in [3.63, 3.8) is 0 Å². The van der Waals surface area contributed by atoms with E-state index in [0.29, 0.717) is 48.2 Å². The standard InChI is InChI=1S/C31H36N2O8S/c1-5-32(6-2)20-11-13-22-26(18-20)41-30(37)23(29(22)36)14-16-27-31(3,4)24-19-21(42(38,39)40)12-15-25(24)33(27)17-9-7-8-10-28(34)35/h11-16,18-19H,5-10,17H2,1-4H3,(H2,34,35,38,39,40). The van der Waals surface area contributed by atoms with Crippen LogP contribution in [0.15, 0.2) is 56.6 Å². The number of rotatable bonds is 12. The van der Waals surface area contributed by atoms with Gasteiger partial charge in [-0.05, 0) is 70.9 Å². The number of aliphatic carboxylic acids is 1. The van der Waals surface area contributed by atoms with E-state index in [2.05, 4.69) is 4.90 Å². The average Bonchev–Trinajstić information content (AvgIpc) is 3.13. The van der Waals surface area contributed by atoms with E-state index in [1.807, 2.05) is 38.3 Å². The Balaban J connectivity index is 1.77. The van der Waals surface area contributed by atoms with Crippen LogP contribution in [0.4, 0.5) is 11.4 Å². The number of allylic oxidation sites excluding steroid dienone is 1. The Kier molecular flexibility index (Phi) is 8.93. The van der Waals surface area contributed by atoms with Gasteiger partial charge in [0, 0.05) is 55.4 Å². The van der Waals surface area contributed by atoms with Crippen LogP contribution in [0.1, 0.15) is 64.5 Å². The molecule has 0 spiro atoms. The number of unbranched alkanes of at least 4 members (excludes halogenated alkanes) is 2. The minimum absolute atomic E-state index is 0.0263. The van der Waals surface area contributed by atoms with Crippen molar-refractivity contribution in [1.82, 2.24) is 0 Å². The molecule has 2 heterocycles. The van der Waals surface area contributed by atoms with Crippen molar-refractivity contribution in [3.8, 4) is 5.75 Å². The highest BCUT2D eigenvalue weighted by Crippen LogP contribution is 2.42. The molecule has 0 saturated heterocycles. The van der Waals surface area contributed by atoms with Gasteiger partial charge in [0.1, 0.15) is 33.6 Å². The van der Waals surface area contributed by atoms with Crippen molar-refractivity contribution < 1.29 is 37.0 Å². The molecule has 0 atom stereocenters. The van der Waals surface area contributed by atoms with Gasteiger partial charge in [-0.25, -0.2) is 13.2 Å². The summed E-state index contributed by atoms with van der Waals surface area (Å²) in [5, 5.41) is 20.4. The van der Waals surface area contributed by atoms with Gasteiger partial charge in [0.15, 0.2) is 5.71 Å². The third kappa shape index (κ3) is 6.12. The lowest BCUT2D eigenvalue weighted by atomic mass is 9.81. The van der Waals surface area contributed by atoms with E-state index in [-0.39, 0.29) is 28.2 Å². The first-order chi connectivity index (χ1) is 19.8. The van der Waals surface area contributed by atoms with Gasteiger partial charge in [0.2, 0.25) is 5.69 Å². The quantitative estimate of drug-likeness (QED) is 0.128. The third-order valence-corrected chi connectivity index (χ3v) is 8.69. The van der Waals surface area contributed by atoms with Crippen LogP contribution in [0.2, 0.25) is 0 Å². The summed E-state index contributed by atoms with van der Waals surface area (Å²) in [4.78, 5) is 25.7. The van der Waals surface area contributed by atoms with Crippen molar-refractivity contribution in [1.29, 1.82) is 0 Å². The monoisotopic (exact) mass is 596 g/mol. The summed E-state index contributed by atoms with van der Waals surface area (Å²) < 4.78 is 42.9. The highest BCUT2D eigenvalue weighted by atomic mass is 32.2. The maximum absolute atomic E-state index is 13.0. The minimum atomic E-state index is -4.68. The van der Waals surface area contributed by atoms with Crippen LogP contribution in [0, 0.1) is 0 Å². The molecule has 0 fully saturated rings. The fraction of sp³-hybridized carbons (Fsp3) is 0.387. The maximum Gasteiger partial charge on any atom is 0.347 e. The number of carboxylic acid groups (broad SMARTS) is 1. The molecule has 42 heavy (non-hydrogen) atoms. The third-order valence-electron chi connectivity index (χ3n) is 7.86. The second kappa shape index (κ2) is 12.1. The fourth-order valence-corrected chi connectivity index (χ4v) is 6.05. The van der Waals surface area contributed by atoms with Gasteiger partial charge in [-0.1, -0.05) is 0 Å². The first-order valence-corrected chi connectivity index (χ1v) is 15.4. The SMILES string of the molecule is CCN(CC)c1ccc2c(O)c(/C=C/C3=[N+](CCCCCC(=O)O)c4ccc(S(=O)(=O)[O-])cc4C3(C)C)c(=O)oc2c1. The number of hydrogen-bond acceptors (Lipinski definition) is 8. The topological polar surface area (TPSA) is 151 Å². The van der Waals surface area contributed by atoms with E-state index >= 15 is 0 Å². The first-order valence-electron chi connectivity index (χ1n) is 14.0. The highest BCUT2D eigenvalue weighted by Gasteiger charge is 2.44. The second-order valence-corrected chi connectivity index (χ2v) is 12.2. The number of aromatic hydroxyl groups is 1. The number of nitrogens with zero attached hydrogens (tertiary/aromatic N) is 2. The summed E-state index contributed by atoms with van der Waals surface area (Å²) in [7, 11) is -4.68. The Hall–Kier alpha value is -3.96. The molecule has 2 aromatic carbocycles. The Morgan fingerprint density at radius 1 is 1.07 bits per heavy atom. The zero-order chi connectivity index (χ0) is 30.8. The van der Waals surface area contributed by atoms with E-state index in [1.54, 1.807) is 24.3 Å². The number of hydrogen-bond donors (Lipinski definition) is 2. The lowest BCUT2D eigenvalue weighted by molar-refractivity contribution is -0.438. The zero-order valence-electron chi connectivity index (χ0n) is 24.2. The van der Waals surface area contributed by atoms with Crippen LogP contribution in [0.3, 0.4) is 0 Å². The van der Waals surface area contributed by atoms with Crippen LogP contribution in [-0.2, 0) is 20.3 Å². The summed E-state index contributed by atoms with van der Waals surface area (Å²) >= 11 is 0. The van der Waals surface area contributed by atoms with Crippen molar-refractivity contribution in [2.75, 3.05) is 24.5 Å². The lowest BCUT2D eigenvalue weighted by Crippen LogP contribution is -2.28. The normalized spacial score (nSPS) is 14.6. The molecular formula is C31H36N2O8S. The summed E-state index contributed by atoms with van der Waals surface area (Å²) in [6.45, 7) is 9.85. The van der Waals surface area contributed by atoms with E-state index < -0.39 is 27.1 Å². The molecule has 0 saturated carbocycles. The molecule has 0 aliphatic carbocycles. The lowest BCUT2D eigenvalue weighted by Gasteiger charge is -2.21. The van der Waals surface area contributed by atoms with E-state index in [9.17, 15) is 27.7 Å². The molecule has 2 N–H and O–H groups in total. The van der Waals surface area contributed by atoms with Crippen LogP contribution >= 0.6 is 0 Å². The van der Waals surface area contributed by atoms with Gasteiger partial charge >= 0.3 is 11.6 Å². The predicted octanol–water partition coefficient (Wildman–Crippen LogP) is 4.98. The molecule has 0 radical (unpaired) electrons. The van der Waals surface area contributed by atoms with Crippen LogP contribution < -0.4 is 10.5 Å². The van der Waals surface area contributed by atoms with Gasteiger partial charge in [0.05, 0.1) is 15.7 Å². The van der Waals surface area contributed by atoms with Gasteiger partial charge < -0.3 is 24.1 Å². The molecule has 1 aromatic heterocycles. The summed E-state index contributed by atoms with van der Waals surface area (Å²) in [5.41, 5.74) is 1.70. The molecular weight excluding hydrogens is 560 g/mol. The number of benzene rings is 2. The van der Waals surface area contributed by atoms with Gasteiger partial charge in [0.25, 0.3) is 0 Å². The molecule has 0 bridgehead atoms. The molecule has 1 aliphatic rings. The van der Waals surface area contributed by atoms with Crippen molar-refractivity contribution in [2.45, 2.75) is 63.7 Å². The van der Waals surface area contributed by atoms with E-state index in [0.717, 1.165) is 18.8 Å². The van der Waals surface area contributed by atoms with Crippen molar-refractivity contribution >= 4 is 50.2 Å². The Morgan fingerprint density at radius 3 is 2.43 bits per heavy atom. The molecule has 11 heteroatoms. The zero-order valence-corrected chi connectivity index (χ0v) is 25.0. The van der Waals surface area contributed by atoms with E-state index in [4.69, 9.17) is 9.52 Å². The molecule has 224 valence electrons. The Morgan fingerprint density at radius 2 is 1.79 bits per heavy atom. The molecule has 3 aromatic rings. The molecule has 4 rings (SSSR count). The predicted molar refractivity (Wildman–Crippen MR) is 160 cm³/mol. The second-order valence-electron chi connectivity index (χ2n) is 10.8. The molecule has 10 nitrogen and oxygen atoms in total. The summed E-state index contributed by atoms with van der Waals surface area (Å²) in [6, 6.07) is 9.56. The average molecular weight is 597 g/mol. The molecule has 0 amide bonds. The van der Waals surface area contributed by atoms with Gasteiger partial charge in [-0.2, -0.15) is 4.58 Å². The van der Waals surface area contributed by atoms with Crippen LogP contribution in [0.5, 0.6) is 5.75 Å². The number of carboxylic acids is 1. The number of fused-ring (bicyclic) bond motifs is 2. The van der Waals surface area contributed by atoms with Crippen molar-refractivity contribution in [3.05, 3.63) is 64.0 Å². The number of anilines is 1. The smallest absolute Gasteiger partial charge is 0.347 e. The Labute approximate surface area is 245 Å². The summed E-state index contributed by atoms with van der Waals surface area (Å²) in [5.74, 6) is -1.07. The largest absolute Gasteiger partial charge is 0.744 e. The van der Waals surface area contributed by atoms with Crippen molar-refractivity contribution in [2.24, 2.45) is 0 Å². The Bertz CT molecular complexity index is 1750. The summed E-state index contributed by atoms with van der Waals surface area (Å²) in [6.07, 6.45) is 5.08. The fourth-order valence-electron chi connectivity index (χ4n) is 5.56. The van der Waals surface area contributed by atoms with Gasteiger partial charge in [-0.15, -0.1) is 0 Å². The first kappa shape index (κ1) is 31.0. The van der Waals surface area contributed by atoms with Gasteiger partial charge in [-0.3, -0.25) is 4.79 Å². The molecule has 0 unspecified atom stereocenters. The highest BCUT2D eigenvalue weighted by molar-refractivity contribution is 7.85. The minimum Gasteiger partial charge on any atom is -0.744 e. The molecule has 1 aliphatic heterocycles. The van der Waals surface area contributed by atoms with Crippen LogP contribution in [0.25, 0.3) is 17.0 Å². The van der Waals surface area contributed by atoms with Crippen LogP contribution in [-0.4, -0.2) is 59.1 Å². The number of carbonyl (C=O) groups is 1. The maximum atomic E-state index is 13.0. The van der Waals surface area contributed by atoms with E-state index in [1.165, 1.54) is 18.2 Å².